The average Bonchev–Trinajstić information content (AvgIpc) is 1.38. The van der Waals surface area contributed by atoms with Crippen LogP contribution in [-0.4, -0.2) is 18.3 Å². The number of fused-ring (bicyclic) bond motifs is 20. The third kappa shape index (κ3) is 10.1. The molecule has 1 heterocycles. The topological polar surface area (TPSA) is 18.5 Å². The van der Waals surface area contributed by atoms with Gasteiger partial charge in [0, 0.05) is 15.3 Å². The van der Waals surface area contributed by atoms with Crippen molar-refractivity contribution in [1.82, 2.24) is 0 Å². The fourth-order valence-electron chi connectivity index (χ4n) is 20.8. The molecule has 22 aromatic carbocycles. The lowest BCUT2D eigenvalue weighted by Gasteiger charge is -2.32. The van der Waals surface area contributed by atoms with Gasteiger partial charge in [0.15, 0.2) is 0 Å². The van der Waals surface area contributed by atoms with Gasteiger partial charge in [0.25, 0.3) is 0 Å². The van der Waals surface area contributed by atoms with Crippen LogP contribution in [0.1, 0.15) is 77.6 Å². The third-order valence-corrected chi connectivity index (χ3v) is 28.1. The molecule has 116 heavy (non-hydrogen) atoms. The standard InChI is InChI=1S/C53H34.C33H31BO2.C26H15Br/c1-53(2)49-28-34(22-25-43(49)48-29-46-40-15-7-5-13-38(40)39-14-6-8-16-41(39)47(46)30-50(48)53)36-23-18-32-21-27-45-42(24-19-33-20-26-44(36)51(32)52(33)45)37-17-9-11-31-10-3-4-12-35(31)37;1-31(2)29-17-20(34-35-32(3,4)33(5,6)36-34)15-16-25(29)28-18-26-23-13-9-7-11-21(23)22-12-8-10-14-24(22)27(26)19-30(28)31;27-24-15-11-18-9-13-22-21(12-8-17-10-14-23(24)26(18)25(17)22)20-7-3-5-16-4-1-2-6-19(16)20/h3-30H,1-2H3;7-19H,1-6H3;1-15H. The Hall–Kier alpha value is -12.5. The van der Waals surface area contributed by atoms with Crippen LogP contribution >= 0.6 is 15.9 Å². The van der Waals surface area contributed by atoms with E-state index in [-0.39, 0.29) is 29.2 Å². The summed E-state index contributed by atoms with van der Waals surface area (Å²) >= 11 is 3.74. The fourth-order valence-corrected chi connectivity index (χ4v) is 21.2. The molecule has 0 N–H and O–H groups in total. The number of halogens is 1. The minimum Gasteiger partial charge on any atom is -0.399 e. The molecule has 0 unspecified atom stereocenters. The monoisotopic (exact) mass is 1550 g/mol. The zero-order valence-electron chi connectivity index (χ0n) is 66.1. The fraction of sp³-hybridized carbons (Fsp3) is 0.107. The highest BCUT2D eigenvalue weighted by atomic mass is 79.9. The Balaban J connectivity index is 0.000000109. The molecule has 1 aliphatic heterocycles. The zero-order chi connectivity index (χ0) is 78.0. The quantitative estimate of drug-likeness (QED) is 0.129. The summed E-state index contributed by atoms with van der Waals surface area (Å²) in [7, 11) is -0.355. The molecule has 25 rings (SSSR count). The first kappa shape index (κ1) is 69.0. The van der Waals surface area contributed by atoms with Crippen molar-refractivity contribution in [2.45, 2.75) is 77.4 Å². The van der Waals surface area contributed by atoms with Crippen LogP contribution in [0.3, 0.4) is 0 Å². The first-order chi connectivity index (χ1) is 56.4. The summed E-state index contributed by atoms with van der Waals surface area (Å²) in [5, 5.41) is 36.8. The Morgan fingerprint density at radius 1 is 0.207 bits per heavy atom. The van der Waals surface area contributed by atoms with Gasteiger partial charge in [-0.25, -0.2) is 0 Å². The van der Waals surface area contributed by atoms with Crippen LogP contribution in [0.5, 0.6) is 0 Å². The third-order valence-electron chi connectivity index (χ3n) is 27.4. The Kier molecular flexibility index (Phi) is 15.0. The van der Waals surface area contributed by atoms with Gasteiger partial charge >= 0.3 is 7.12 Å². The maximum atomic E-state index is 6.39. The van der Waals surface area contributed by atoms with E-state index >= 15 is 0 Å². The van der Waals surface area contributed by atoms with Crippen molar-refractivity contribution >= 4 is 179 Å². The number of benzene rings is 22. The van der Waals surface area contributed by atoms with Gasteiger partial charge in [-0.05, 0) is 298 Å². The molecule has 3 aliphatic rings. The molecular formula is C112H80BBrO2. The Bertz CT molecular complexity index is 7970. The largest absolute Gasteiger partial charge is 0.494 e. The first-order valence-corrected chi connectivity index (χ1v) is 41.7. The van der Waals surface area contributed by atoms with Gasteiger partial charge in [-0.1, -0.05) is 347 Å². The molecular weight excluding hydrogens is 1470 g/mol. The van der Waals surface area contributed by atoms with E-state index in [0.29, 0.717) is 0 Å². The van der Waals surface area contributed by atoms with Crippen LogP contribution in [0.15, 0.2) is 344 Å². The highest BCUT2D eigenvalue weighted by molar-refractivity contribution is 9.10. The van der Waals surface area contributed by atoms with Gasteiger partial charge in [0.2, 0.25) is 0 Å². The molecule has 1 fully saturated rings. The van der Waals surface area contributed by atoms with E-state index in [1.54, 1.807) is 0 Å². The molecule has 0 atom stereocenters. The molecule has 0 saturated carbocycles. The summed E-state index contributed by atoms with van der Waals surface area (Å²) in [4.78, 5) is 0. The summed E-state index contributed by atoms with van der Waals surface area (Å²) in [5.41, 5.74) is 18.8. The van der Waals surface area contributed by atoms with Gasteiger partial charge in [0.05, 0.1) is 11.2 Å². The van der Waals surface area contributed by atoms with E-state index in [1.807, 2.05) is 0 Å². The SMILES string of the molecule is Brc1ccc2ccc3c(-c4cccc5ccccc45)ccc4ccc1c2c43.CC1(C)c2cc(-c3ccc4ccc5c(-c6cccc7ccccc67)ccc6ccc3c4c65)ccc2-c2cc3c4ccccc4c4ccccc4c3cc21.CC1(C)c2cc(B3OC(C)(C)C(C)(C)O3)ccc2-c2cc3c4ccccc4c4ccccc4c3cc21. The lowest BCUT2D eigenvalue weighted by atomic mass is 9.74. The van der Waals surface area contributed by atoms with Crippen LogP contribution in [0, 0.1) is 0 Å². The summed E-state index contributed by atoms with van der Waals surface area (Å²) in [5.74, 6) is 0. The smallest absolute Gasteiger partial charge is 0.399 e. The summed E-state index contributed by atoms with van der Waals surface area (Å²) in [6.45, 7) is 18.0. The van der Waals surface area contributed by atoms with Gasteiger partial charge in [-0.3, -0.25) is 0 Å². The lowest BCUT2D eigenvalue weighted by Crippen LogP contribution is -2.41. The second-order valence-corrected chi connectivity index (χ2v) is 35.6. The Labute approximate surface area is 683 Å². The molecule has 0 amide bonds. The summed E-state index contributed by atoms with van der Waals surface area (Å²) < 4.78 is 13.9. The Morgan fingerprint density at radius 2 is 0.509 bits per heavy atom. The van der Waals surface area contributed by atoms with Crippen molar-refractivity contribution in [3.05, 3.63) is 366 Å². The summed E-state index contributed by atoms with van der Waals surface area (Å²) in [6.07, 6.45) is 0. The molecule has 0 bridgehead atoms. The van der Waals surface area contributed by atoms with Crippen molar-refractivity contribution in [3.8, 4) is 55.6 Å². The highest BCUT2D eigenvalue weighted by Crippen LogP contribution is 2.56. The van der Waals surface area contributed by atoms with Crippen molar-refractivity contribution in [2.24, 2.45) is 0 Å². The second-order valence-electron chi connectivity index (χ2n) is 34.8. The predicted molar refractivity (Wildman–Crippen MR) is 502 cm³/mol. The molecule has 550 valence electrons. The van der Waals surface area contributed by atoms with E-state index in [2.05, 4.69) is 411 Å². The number of hydrogen-bond donors (Lipinski definition) is 0. The van der Waals surface area contributed by atoms with Crippen molar-refractivity contribution in [1.29, 1.82) is 0 Å². The average molecular weight is 1550 g/mol. The number of hydrogen-bond acceptors (Lipinski definition) is 2. The van der Waals surface area contributed by atoms with E-state index < -0.39 is 0 Å². The zero-order valence-corrected chi connectivity index (χ0v) is 67.7. The predicted octanol–water partition coefficient (Wildman–Crippen LogP) is 30.8. The van der Waals surface area contributed by atoms with Gasteiger partial charge in [0.1, 0.15) is 0 Å². The molecule has 0 radical (unpaired) electrons. The van der Waals surface area contributed by atoms with E-state index in [4.69, 9.17) is 9.31 Å². The first-order valence-electron chi connectivity index (χ1n) is 40.9. The van der Waals surface area contributed by atoms with E-state index in [0.717, 1.165) is 9.94 Å². The van der Waals surface area contributed by atoms with Crippen LogP contribution in [0.25, 0.3) is 206 Å². The van der Waals surface area contributed by atoms with Gasteiger partial charge in [-0.2, -0.15) is 0 Å². The van der Waals surface area contributed by atoms with Crippen molar-refractivity contribution in [3.63, 3.8) is 0 Å². The van der Waals surface area contributed by atoms with Gasteiger partial charge in [-0.15, -0.1) is 0 Å². The van der Waals surface area contributed by atoms with Crippen LogP contribution in [-0.2, 0) is 20.1 Å². The number of rotatable bonds is 4. The second kappa shape index (κ2) is 25.2. The van der Waals surface area contributed by atoms with Crippen LogP contribution in [0.2, 0.25) is 0 Å². The maximum absolute atomic E-state index is 6.39. The summed E-state index contributed by atoms with van der Waals surface area (Å²) in [6, 6.07) is 127. The van der Waals surface area contributed by atoms with E-state index in [1.165, 1.54) is 229 Å². The maximum Gasteiger partial charge on any atom is 0.494 e. The van der Waals surface area contributed by atoms with Crippen LogP contribution < -0.4 is 5.46 Å². The molecule has 1 saturated heterocycles. The van der Waals surface area contributed by atoms with Crippen LogP contribution in [0.4, 0.5) is 0 Å². The molecule has 2 aliphatic carbocycles. The Morgan fingerprint density at radius 3 is 0.948 bits per heavy atom. The molecule has 4 heteroatoms. The normalized spacial score (nSPS) is 15.0. The molecule has 0 aromatic heterocycles. The van der Waals surface area contributed by atoms with Crippen molar-refractivity contribution in [2.75, 3.05) is 0 Å². The minimum absolute atomic E-state index is 0.120. The van der Waals surface area contributed by atoms with E-state index in [9.17, 15) is 0 Å². The lowest BCUT2D eigenvalue weighted by molar-refractivity contribution is 0.00578. The molecule has 22 aromatic rings. The van der Waals surface area contributed by atoms with Gasteiger partial charge < -0.3 is 9.31 Å². The highest BCUT2D eigenvalue weighted by Gasteiger charge is 2.52. The molecule has 0 spiro atoms. The van der Waals surface area contributed by atoms with Crippen molar-refractivity contribution < 1.29 is 9.31 Å². The molecule has 2 nitrogen and oxygen atoms in total. The minimum atomic E-state index is -0.355.